The first-order valence-electron chi connectivity index (χ1n) is 15.8. The Morgan fingerprint density at radius 3 is 1.70 bits per heavy atom. The van der Waals surface area contributed by atoms with Crippen molar-refractivity contribution in [3.05, 3.63) is 176 Å². The number of rotatable bonds is 7. The highest BCUT2D eigenvalue weighted by Gasteiger charge is 2.41. The maximum Gasteiger partial charge on any atom is 0.179 e. The number of benzene rings is 6. The van der Waals surface area contributed by atoms with Gasteiger partial charge in [-0.1, -0.05) is 140 Å². The fourth-order valence-electron chi connectivity index (χ4n) is 7.30. The summed E-state index contributed by atoms with van der Waals surface area (Å²) in [6, 6.07) is 55.2. The molecule has 0 amide bonds. The molecule has 0 aliphatic rings. The maximum absolute atomic E-state index is 6.50. The summed E-state index contributed by atoms with van der Waals surface area (Å²) in [5, 5.41) is 8.81. The van der Waals surface area contributed by atoms with Crippen LogP contribution in [-0.4, -0.2) is 12.6 Å². The fourth-order valence-corrected chi connectivity index (χ4v) is 12.1. The van der Waals surface area contributed by atoms with E-state index in [1.54, 1.807) is 0 Å². The van der Waals surface area contributed by atoms with Crippen molar-refractivity contribution >= 4 is 73.8 Å². The van der Waals surface area contributed by atoms with E-state index in [0.29, 0.717) is 0 Å². The molecule has 6 aromatic carbocycles. The van der Waals surface area contributed by atoms with E-state index in [4.69, 9.17) is 4.42 Å². The Hall–Kier alpha value is -5.64. The summed E-state index contributed by atoms with van der Waals surface area (Å²) in [6.07, 6.45) is 6.23. The van der Waals surface area contributed by atoms with Crippen LogP contribution in [0.1, 0.15) is 18.2 Å². The average Bonchev–Trinajstić information content (AvgIpc) is 3.64. The molecule has 220 valence electrons. The van der Waals surface area contributed by atoms with E-state index in [2.05, 4.69) is 182 Å². The predicted molar refractivity (Wildman–Crippen MR) is 199 cm³/mol. The Balaban J connectivity index is 1.43. The molecule has 8 aromatic rings. The van der Waals surface area contributed by atoms with Crippen molar-refractivity contribution in [1.82, 2.24) is 4.57 Å². The van der Waals surface area contributed by atoms with Crippen molar-refractivity contribution in [2.24, 2.45) is 0 Å². The number of para-hydroxylation sites is 1. The van der Waals surface area contributed by atoms with E-state index in [1.165, 1.54) is 26.1 Å². The number of nitrogens with zero attached hydrogens (tertiary/aromatic N) is 1. The van der Waals surface area contributed by atoms with Crippen molar-refractivity contribution in [3.8, 4) is 5.69 Å². The Morgan fingerprint density at radius 1 is 0.565 bits per heavy atom. The zero-order chi connectivity index (χ0) is 31.1. The first-order chi connectivity index (χ1) is 22.7. The van der Waals surface area contributed by atoms with E-state index in [9.17, 15) is 0 Å². The fraction of sp³-hybridized carbons (Fsp3) is 0.0233. The lowest BCUT2D eigenvalue weighted by Gasteiger charge is -2.34. The zero-order valence-electron chi connectivity index (χ0n) is 25.7. The second kappa shape index (κ2) is 11.4. The van der Waals surface area contributed by atoms with Crippen LogP contribution in [0.5, 0.6) is 0 Å². The number of hydrogen-bond donors (Lipinski definition) is 0. The molecular formula is C43H33NOSi. The van der Waals surface area contributed by atoms with Gasteiger partial charge in [0.15, 0.2) is 8.07 Å². The van der Waals surface area contributed by atoms with E-state index >= 15 is 0 Å². The molecule has 0 atom stereocenters. The standard InChI is InChI=1S/C43H33NOSi/c1-3-16-40-36(4-2)37-23-14-15-24-41(37)44(40)31-25-27-42-38(29-31)39-30-35(26-28-43(39)45-42)46(32-17-8-5-9-18-32,33-19-10-6-11-20-33)34-21-12-7-13-22-34/h3-30H,2H2,1H3/b16-3-. The lowest BCUT2D eigenvalue weighted by atomic mass is 10.1. The molecule has 2 heterocycles. The van der Waals surface area contributed by atoms with E-state index in [0.717, 1.165) is 44.4 Å². The Labute approximate surface area is 270 Å². The number of aromatic nitrogens is 1. The minimum absolute atomic E-state index is 0.885. The molecule has 0 aliphatic heterocycles. The molecular weight excluding hydrogens is 575 g/mol. The third-order valence-corrected chi connectivity index (χ3v) is 14.0. The quantitative estimate of drug-likeness (QED) is 0.131. The van der Waals surface area contributed by atoms with Gasteiger partial charge in [0, 0.05) is 27.4 Å². The van der Waals surface area contributed by atoms with Crippen LogP contribution < -0.4 is 20.7 Å². The molecule has 0 saturated heterocycles. The summed E-state index contributed by atoms with van der Waals surface area (Å²) < 4.78 is 8.83. The highest BCUT2D eigenvalue weighted by Crippen LogP contribution is 2.35. The van der Waals surface area contributed by atoms with Gasteiger partial charge in [-0.05, 0) is 64.1 Å². The van der Waals surface area contributed by atoms with Crippen LogP contribution in [0.4, 0.5) is 0 Å². The molecule has 3 heteroatoms. The minimum atomic E-state index is -2.68. The second-order valence-corrected chi connectivity index (χ2v) is 15.5. The highest BCUT2D eigenvalue weighted by molar-refractivity contribution is 7.20. The summed E-state index contributed by atoms with van der Waals surface area (Å²) in [4.78, 5) is 0. The topological polar surface area (TPSA) is 18.1 Å². The molecule has 0 saturated carbocycles. The van der Waals surface area contributed by atoms with Gasteiger partial charge >= 0.3 is 0 Å². The smallest absolute Gasteiger partial charge is 0.179 e. The third-order valence-electron chi connectivity index (χ3n) is 9.25. The highest BCUT2D eigenvalue weighted by atomic mass is 28.3. The summed E-state index contributed by atoms with van der Waals surface area (Å²) >= 11 is 0. The first kappa shape index (κ1) is 27.9. The van der Waals surface area contributed by atoms with Gasteiger partial charge in [-0.15, -0.1) is 0 Å². The molecule has 2 nitrogen and oxygen atoms in total. The summed E-state index contributed by atoms with van der Waals surface area (Å²) in [5.74, 6) is 0. The van der Waals surface area contributed by atoms with Crippen molar-refractivity contribution < 1.29 is 4.42 Å². The van der Waals surface area contributed by atoms with Crippen LogP contribution in [0.2, 0.25) is 0 Å². The molecule has 0 aliphatic carbocycles. The SMILES string of the molecule is C=Cc1c(/C=C\C)n(-c2ccc3oc4ccc([Si](c5ccccc5)(c5ccccc5)c5ccccc5)cc4c3c2)c2ccccc12. The van der Waals surface area contributed by atoms with Gasteiger partial charge in [-0.3, -0.25) is 0 Å². The molecule has 46 heavy (non-hydrogen) atoms. The Bertz CT molecular complexity index is 2280. The van der Waals surface area contributed by atoms with Gasteiger partial charge in [0.1, 0.15) is 11.2 Å². The van der Waals surface area contributed by atoms with Crippen LogP contribution in [0.25, 0.3) is 50.7 Å². The lowest BCUT2D eigenvalue weighted by molar-refractivity contribution is 0.669. The monoisotopic (exact) mass is 607 g/mol. The molecule has 0 spiro atoms. The van der Waals surface area contributed by atoms with E-state index < -0.39 is 8.07 Å². The van der Waals surface area contributed by atoms with Crippen LogP contribution in [-0.2, 0) is 0 Å². The van der Waals surface area contributed by atoms with E-state index in [-0.39, 0.29) is 0 Å². The van der Waals surface area contributed by atoms with Crippen molar-refractivity contribution in [1.29, 1.82) is 0 Å². The molecule has 0 fully saturated rings. The molecule has 0 bridgehead atoms. The van der Waals surface area contributed by atoms with Crippen molar-refractivity contribution in [2.45, 2.75) is 6.92 Å². The van der Waals surface area contributed by atoms with Crippen LogP contribution in [0.3, 0.4) is 0 Å². The third kappa shape index (κ3) is 4.24. The second-order valence-electron chi connectivity index (χ2n) is 11.7. The van der Waals surface area contributed by atoms with Crippen molar-refractivity contribution in [2.75, 3.05) is 0 Å². The van der Waals surface area contributed by atoms with Gasteiger partial charge in [0.05, 0.1) is 11.2 Å². The van der Waals surface area contributed by atoms with Gasteiger partial charge in [0.25, 0.3) is 0 Å². The molecule has 0 radical (unpaired) electrons. The molecule has 8 rings (SSSR count). The number of furan rings is 1. The predicted octanol–water partition coefficient (Wildman–Crippen LogP) is 8.58. The lowest BCUT2D eigenvalue weighted by Crippen LogP contribution is -2.74. The van der Waals surface area contributed by atoms with E-state index in [1.807, 2.05) is 6.08 Å². The zero-order valence-corrected chi connectivity index (χ0v) is 26.7. The Morgan fingerprint density at radius 2 is 1.11 bits per heavy atom. The largest absolute Gasteiger partial charge is 0.456 e. The first-order valence-corrected chi connectivity index (χ1v) is 17.8. The summed E-state index contributed by atoms with van der Waals surface area (Å²) in [7, 11) is -2.68. The van der Waals surface area contributed by atoms with Gasteiger partial charge in [-0.25, -0.2) is 0 Å². The molecule has 0 N–H and O–H groups in total. The van der Waals surface area contributed by atoms with Gasteiger partial charge < -0.3 is 8.98 Å². The average molecular weight is 608 g/mol. The number of hydrogen-bond acceptors (Lipinski definition) is 1. The maximum atomic E-state index is 6.50. The van der Waals surface area contributed by atoms with Crippen molar-refractivity contribution in [3.63, 3.8) is 0 Å². The normalized spacial score (nSPS) is 12.0. The van der Waals surface area contributed by atoms with Crippen LogP contribution in [0.15, 0.2) is 169 Å². The Kier molecular flexibility index (Phi) is 6.89. The molecule has 0 unspecified atom stereocenters. The summed E-state index contributed by atoms with van der Waals surface area (Å²) in [6.45, 7) is 6.22. The summed E-state index contributed by atoms with van der Waals surface area (Å²) in [5.41, 5.74) is 6.28. The van der Waals surface area contributed by atoms with Gasteiger partial charge in [0.2, 0.25) is 0 Å². The van der Waals surface area contributed by atoms with Crippen LogP contribution in [0, 0.1) is 0 Å². The van der Waals surface area contributed by atoms with Crippen LogP contribution >= 0.6 is 0 Å². The molecule has 2 aromatic heterocycles. The minimum Gasteiger partial charge on any atom is -0.456 e. The number of fused-ring (bicyclic) bond motifs is 4. The van der Waals surface area contributed by atoms with Gasteiger partial charge in [-0.2, -0.15) is 0 Å². The number of allylic oxidation sites excluding steroid dienone is 1.